The van der Waals surface area contributed by atoms with Gasteiger partial charge >= 0.3 is 0 Å². The summed E-state index contributed by atoms with van der Waals surface area (Å²) in [5.41, 5.74) is 1.82. The van der Waals surface area contributed by atoms with Crippen LogP contribution < -0.4 is 0 Å². The second-order valence-electron chi connectivity index (χ2n) is 3.27. The van der Waals surface area contributed by atoms with Crippen molar-refractivity contribution in [1.82, 2.24) is 9.78 Å². The van der Waals surface area contributed by atoms with Gasteiger partial charge in [0.05, 0.1) is 28.2 Å². The minimum Gasteiger partial charge on any atom is -0.237 e. The number of hydrogen-bond acceptors (Lipinski definition) is 2. The third-order valence-corrected chi connectivity index (χ3v) is 2.57. The molecule has 1 aromatic heterocycles. The Balaban J connectivity index is 2.55. The highest BCUT2D eigenvalue weighted by atomic mass is 35.5. The third kappa shape index (κ3) is 1.66. The molecule has 0 N–H and O–H groups in total. The largest absolute Gasteiger partial charge is 0.237 e. The van der Waals surface area contributed by atoms with Crippen LogP contribution in [0.15, 0.2) is 24.4 Å². The van der Waals surface area contributed by atoms with Gasteiger partial charge in [0.1, 0.15) is 11.9 Å². The van der Waals surface area contributed by atoms with Gasteiger partial charge in [-0.2, -0.15) is 10.4 Å². The van der Waals surface area contributed by atoms with Crippen molar-refractivity contribution in [1.29, 1.82) is 5.26 Å². The van der Waals surface area contributed by atoms with Crippen LogP contribution in [-0.4, -0.2) is 9.78 Å². The quantitative estimate of drug-likeness (QED) is 0.763. The molecule has 0 amide bonds. The van der Waals surface area contributed by atoms with Crippen molar-refractivity contribution in [2.24, 2.45) is 0 Å². The molecule has 5 heteroatoms. The molecular weight excluding hydrogens is 229 g/mol. The van der Waals surface area contributed by atoms with E-state index in [1.807, 2.05) is 6.07 Å². The molecule has 2 rings (SSSR count). The minimum absolute atomic E-state index is 0.0332. The summed E-state index contributed by atoms with van der Waals surface area (Å²) in [5, 5.41) is 12.9. The van der Waals surface area contributed by atoms with E-state index in [9.17, 15) is 4.39 Å². The summed E-state index contributed by atoms with van der Waals surface area (Å²) >= 11 is 5.68. The van der Waals surface area contributed by atoms with Crippen LogP contribution in [0.3, 0.4) is 0 Å². The lowest BCUT2D eigenvalue weighted by atomic mass is 10.2. The fourth-order valence-electron chi connectivity index (χ4n) is 1.40. The molecule has 0 saturated carbocycles. The van der Waals surface area contributed by atoms with Gasteiger partial charge in [0.25, 0.3) is 0 Å². The number of nitrogens with zero attached hydrogens (tertiary/aromatic N) is 3. The zero-order valence-corrected chi connectivity index (χ0v) is 9.16. The molecule has 0 bridgehead atoms. The molecule has 0 spiro atoms. The number of benzene rings is 1. The fourth-order valence-corrected chi connectivity index (χ4v) is 1.57. The maximum Gasteiger partial charge on any atom is 0.141 e. The Kier molecular flexibility index (Phi) is 2.63. The van der Waals surface area contributed by atoms with Crippen LogP contribution in [0.2, 0.25) is 5.02 Å². The average molecular weight is 236 g/mol. The predicted octanol–water partition coefficient (Wildman–Crippen LogP) is 2.84. The van der Waals surface area contributed by atoms with E-state index in [1.165, 1.54) is 18.3 Å². The topological polar surface area (TPSA) is 41.6 Å². The second kappa shape index (κ2) is 3.95. The van der Waals surface area contributed by atoms with E-state index in [-0.39, 0.29) is 5.02 Å². The van der Waals surface area contributed by atoms with E-state index in [4.69, 9.17) is 16.9 Å². The van der Waals surface area contributed by atoms with E-state index in [1.54, 1.807) is 17.7 Å². The van der Waals surface area contributed by atoms with Crippen LogP contribution >= 0.6 is 11.6 Å². The summed E-state index contributed by atoms with van der Waals surface area (Å²) in [6.07, 6.45) is 1.46. The van der Waals surface area contributed by atoms with E-state index in [2.05, 4.69) is 5.10 Å². The van der Waals surface area contributed by atoms with Crippen LogP contribution in [0.4, 0.5) is 4.39 Å². The van der Waals surface area contributed by atoms with Gasteiger partial charge in [0, 0.05) is 0 Å². The van der Waals surface area contributed by atoms with Crippen molar-refractivity contribution < 1.29 is 4.39 Å². The van der Waals surface area contributed by atoms with Crippen LogP contribution in [0.1, 0.15) is 11.3 Å². The van der Waals surface area contributed by atoms with Crippen LogP contribution in [0.25, 0.3) is 5.69 Å². The Labute approximate surface area is 96.7 Å². The van der Waals surface area contributed by atoms with Gasteiger partial charge in [-0.15, -0.1) is 0 Å². The van der Waals surface area contributed by atoms with Gasteiger partial charge < -0.3 is 0 Å². The first kappa shape index (κ1) is 10.7. The number of rotatable bonds is 1. The lowest BCUT2D eigenvalue weighted by Gasteiger charge is -2.04. The molecule has 16 heavy (non-hydrogen) atoms. The smallest absolute Gasteiger partial charge is 0.141 e. The molecule has 0 aliphatic carbocycles. The molecule has 0 fully saturated rings. The summed E-state index contributed by atoms with van der Waals surface area (Å²) < 4.78 is 14.5. The van der Waals surface area contributed by atoms with Gasteiger partial charge in [-0.05, 0) is 25.1 Å². The van der Waals surface area contributed by atoms with Gasteiger partial charge in [-0.3, -0.25) is 0 Å². The molecule has 0 aliphatic rings. The molecule has 1 aromatic carbocycles. The fraction of sp³-hybridized carbons (Fsp3) is 0.0909. The lowest BCUT2D eigenvalue weighted by Crippen LogP contribution is -1.99. The summed E-state index contributed by atoms with van der Waals surface area (Å²) in [5.74, 6) is -0.476. The standard InChI is InChI=1S/C11H7ClFN3/c1-7-8(5-14)6-15-16(7)9-2-3-11(13)10(12)4-9/h2-4,6H,1H3. The van der Waals surface area contributed by atoms with E-state index in [0.29, 0.717) is 16.9 Å². The number of hydrogen-bond donors (Lipinski definition) is 0. The Bertz CT molecular complexity index is 583. The van der Waals surface area contributed by atoms with Gasteiger partial charge in [-0.25, -0.2) is 9.07 Å². The highest BCUT2D eigenvalue weighted by Gasteiger charge is 2.09. The molecule has 3 nitrogen and oxygen atoms in total. The summed E-state index contributed by atoms with van der Waals surface area (Å²) in [6, 6.07) is 6.32. The monoisotopic (exact) mass is 235 g/mol. The molecule has 0 radical (unpaired) electrons. The summed E-state index contributed by atoms with van der Waals surface area (Å²) in [7, 11) is 0. The highest BCUT2D eigenvalue weighted by molar-refractivity contribution is 6.30. The van der Waals surface area contributed by atoms with E-state index < -0.39 is 5.82 Å². The van der Waals surface area contributed by atoms with Crippen LogP contribution in [0.5, 0.6) is 0 Å². The molecule has 0 atom stereocenters. The first-order valence-electron chi connectivity index (χ1n) is 4.53. The van der Waals surface area contributed by atoms with Crippen molar-refractivity contribution in [3.8, 4) is 11.8 Å². The van der Waals surface area contributed by atoms with E-state index in [0.717, 1.165) is 0 Å². The van der Waals surface area contributed by atoms with Gasteiger partial charge in [0.2, 0.25) is 0 Å². The Hall–Kier alpha value is -1.86. The zero-order chi connectivity index (χ0) is 11.7. The Morgan fingerprint density at radius 1 is 1.50 bits per heavy atom. The van der Waals surface area contributed by atoms with Crippen molar-refractivity contribution in [2.75, 3.05) is 0 Å². The third-order valence-electron chi connectivity index (χ3n) is 2.28. The highest BCUT2D eigenvalue weighted by Crippen LogP contribution is 2.20. The maximum absolute atomic E-state index is 13.0. The van der Waals surface area contributed by atoms with Gasteiger partial charge in [0.15, 0.2) is 0 Å². The number of nitriles is 1. The normalized spacial score (nSPS) is 10.1. The van der Waals surface area contributed by atoms with E-state index >= 15 is 0 Å². The maximum atomic E-state index is 13.0. The first-order chi connectivity index (χ1) is 7.63. The van der Waals surface area contributed by atoms with Crippen molar-refractivity contribution in [3.05, 3.63) is 46.5 Å². The van der Waals surface area contributed by atoms with Crippen LogP contribution in [0, 0.1) is 24.1 Å². The SMILES string of the molecule is Cc1c(C#N)cnn1-c1ccc(F)c(Cl)c1. The van der Waals surface area contributed by atoms with Crippen molar-refractivity contribution >= 4 is 11.6 Å². The Morgan fingerprint density at radius 2 is 2.25 bits per heavy atom. The van der Waals surface area contributed by atoms with Crippen LogP contribution in [-0.2, 0) is 0 Å². The molecule has 0 unspecified atom stereocenters. The average Bonchev–Trinajstić information content (AvgIpc) is 2.64. The Morgan fingerprint density at radius 3 is 2.81 bits per heavy atom. The molecule has 2 aromatic rings. The lowest BCUT2D eigenvalue weighted by molar-refractivity contribution is 0.627. The summed E-state index contributed by atoms with van der Waals surface area (Å²) in [6.45, 7) is 1.77. The predicted molar refractivity (Wildman–Crippen MR) is 58.0 cm³/mol. The molecule has 0 aliphatic heterocycles. The second-order valence-corrected chi connectivity index (χ2v) is 3.67. The number of halogens is 2. The number of aromatic nitrogens is 2. The zero-order valence-electron chi connectivity index (χ0n) is 8.41. The molecular formula is C11H7ClFN3. The van der Waals surface area contributed by atoms with Crippen molar-refractivity contribution in [3.63, 3.8) is 0 Å². The van der Waals surface area contributed by atoms with Crippen molar-refractivity contribution in [2.45, 2.75) is 6.92 Å². The molecule has 1 heterocycles. The first-order valence-corrected chi connectivity index (χ1v) is 4.91. The van der Waals surface area contributed by atoms with Gasteiger partial charge in [-0.1, -0.05) is 11.6 Å². The molecule has 0 saturated heterocycles. The minimum atomic E-state index is -0.476. The molecule has 80 valence electrons. The summed E-state index contributed by atoms with van der Waals surface area (Å²) in [4.78, 5) is 0.